The molecule has 0 saturated heterocycles. The van der Waals surface area contributed by atoms with E-state index in [2.05, 4.69) is 119 Å². The predicted octanol–water partition coefficient (Wildman–Crippen LogP) is 7.67. The minimum atomic E-state index is 0.116. The molecule has 0 aliphatic rings. The molecular weight excluding hydrogens is 502 g/mol. The predicted molar refractivity (Wildman–Crippen MR) is 161 cm³/mol. The Hall–Kier alpha value is -0.310. The minimum absolute atomic E-state index is 0.116. The molecule has 0 saturated carbocycles. The summed E-state index contributed by atoms with van der Waals surface area (Å²) in [5.74, 6) is 0. The molecule has 2 nitrogen and oxygen atoms in total. The maximum atomic E-state index is 6.20. The van der Waals surface area contributed by atoms with Crippen molar-refractivity contribution in [1.82, 2.24) is 9.44 Å². The van der Waals surface area contributed by atoms with Gasteiger partial charge in [-0.15, -0.1) is 18.5 Å². The fourth-order valence-corrected chi connectivity index (χ4v) is 5.30. The van der Waals surface area contributed by atoms with Crippen LogP contribution >= 0.6 is 54.0 Å². The Bertz CT molecular complexity index is 1080. The summed E-state index contributed by atoms with van der Waals surface area (Å²) in [5, 5.41) is 5.75. The van der Waals surface area contributed by atoms with E-state index < -0.39 is 0 Å². The van der Waals surface area contributed by atoms with Crippen LogP contribution in [-0.2, 0) is 0 Å². The molecule has 0 aliphatic heterocycles. The number of hydrogen-bond donors (Lipinski definition) is 2. The van der Waals surface area contributed by atoms with Crippen LogP contribution in [0.1, 0.15) is 53.5 Å². The van der Waals surface area contributed by atoms with Gasteiger partial charge in [-0.25, -0.2) is 0 Å². The van der Waals surface area contributed by atoms with E-state index in [0.29, 0.717) is 0 Å². The van der Waals surface area contributed by atoms with Gasteiger partial charge in [0, 0.05) is 20.9 Å². The fourth-order valence-electron chi connectivity index (χ4n) is 2.66. The molecule has 0 spiro atoms. The standard InChI is InChI=1S/C14H18NPS.C12H19ClNPS/c1-14(2,3)15-17-13-9-8-12(16)10-6-4-5-7-11(10)13;1-5-12(3,4)14-16-10-7-6-9(15)11(13)8(10)2/h4-9,15H,16H2,1-3H3;6-7,14H,5,15H2,1-4H3. The number of fused-ring (bicyclic) bond motifs is 1. The van der Waals surface area contributed by atoms with Gasteiger partial charge in [0.25, 0.3) is 0 Å². The molecule has 2 N–H and O–H groups in total. The highest BCUT2D eigenvalue weighted by atomic mass is 35.5. The smallest absolute Gasteiger partial charge is 0.0518 e. The lowest BCUT2D eigenvalue weighted by Crippen LogP contribution is -2.33. The van der Waals surface area contributed by atoms with E-state index in [4.69, 9.17) is 11.6 Å². The van der Waals surface area contributed by atoms with Crippen LogP contribution in [0.2, 0.25) is 5.02 Å². The number of nitrogens with one attached hydrogen (secondary N) is 2. The van der Waals surface area contributed by atoms with Gasteiger partial charge in [-0.2, -0.15) is 0 Å². The van der Waals surface area contributed by atoms with Gasteiger partial charge in [0.2, 0.25) is 0 Å². The Balaban J connectivity index is 0.000000234. The highest BCUT2D eigenvalue weighted by Gasteiger charge is 2.15. The van der Waals surface area contributed by atoms with Crippen molar-refractivity contribution in [2.75, 3.05) is 0 Å². The lowest BCUT2D eigenvalue weighted by atomic mass is 10.0. The highest BCUT2D eigenvalue weighted by molar-refractivity contribution is 7.97. The molecule has 3 aromatic rings. The van der Waals surface area contributed by atoms with Crippen molar-refractivity contribution in [3.63, 3.8) is 0 Å². The van der Waals surface area contributed by atoms with Gasteiger partial charge in [0.05, 0.1) is 5.02 Å². The third kappa shape index (κ3) is 9.01. The lowest BCUT2D eigenvalue weighted by molar-refractivity contribution is 0.464. The summed E-state index contributed by atoms with van der Waals surface area (Å²) >= 11 is 9.57. The molecule has 7 heteroatoms. The molecule has 0 aromatic heterocycles. The van der Waals surface area contributed by atoms with Crippen molar-refractivity contribution in [3.05, 3.63) is 59.1 Å². The van der Waals surface area contributed by atoms with E-state index in [1.165, 1.54) is 25.9 Å². The Morgan fingerprint density at radius 1 is 0.788 bits per heavy atom. The molecular formula is C26H37ClN2P2S2. The molecule has 0 heterocycles. The van der Waals surface area contributed by atoms with Crippen LogP contribution in [0.4, 0.5) is 0 Å². The normalized spacial score (nSPS) is 11.9. The largest absolute Gasteiger partial charge is 0.255 e. The van der Waals surface area contributed by atoms with E-state index in [1.54, 1.807) is 23.9 Å². The zero-order valence-corrected chi connectivity index (χ0v) is 25.4. The van der Waals surface area contributed by atoms with Crippen LogP contribution in [0.5, 0.6) is 0 Å². The monoisotopic (exact) mass is 538 g/mol. The molecule has 180 valence electrons. The molecule has 0 amide bonds. The number of benzene rings is 3. The molecule has 33 heavy (non-hydrogen) atoms. The van der Waals surface area contributed by atoms with Gasteiger partial charge >= 0.3 is 0 Å². The van der Waals surface area contributed by atoms with Gasteiger partial charge in [-0.3, -0.25) is 9.44 Å². The summed E-state index contributed by atoms with van der Waals surface area (Å²) < 4.78 is 6.92. The first-order valence-corrected chi connectivity index (χ1v) is 14.2. The van der Waals surface area contributed by atoms with E-state index in [1.807, 2.05) is 6.07 Å². The molecule has 3 rings (SSSR count). The number of halogens is 1. The SMILES string of the molecule is CC(C)(C)NSc1ccc(P)c2ccccc12.CCC(C)(C)NSc1ccc(P)c(Cl)c1C. The third-order valence-electron chi connectivity index (χ3n) is 5.07. The molecule has 2 unspecified atom stereocenters. The van der Waals surface area contributed by atoms with Crippen LogP contribution in [0.3, 0.4) is 0 Å². The summed E-state index contributed by atoms with van der Waals surface area (Å²) in [6.45, 7) is 15.1. The molecule has 0 radical (unpaired) electrons. The van der Waals surface area contributed by atoms with Crippen molar-refractivity contribution >= 4 is 75.4 Å². The van der Waals surface area contributed by atoms with E-state index in [-0.39, 0.29) is 11.1 Å². The second-order valence-corrected chi connectivity index (χ2v) is 13.0. The van der Waals surface area contributed by atoms with Crippen molar-refractivity contribution in [2.45, 2.75) is 75.8 Å². The van der Waals surface area contributed by atoms with Crippen LogP contribution in [-0.4, -0.2) is 11.1 Å². The maximum absolute atomic E-state index is 6.20. The molecule has 3 aromatic carbocycles. The molecule has 2 atom stereocenters. The second kappa shape index (κ2) is 12.6. The second-order valence-electron chi connectivity index (χ2n) is 9.69. The summed E-state index contributed by atoms with van der Waals surface area (Å²) in [4.78, 5) is 2.47. The maximum Gasteiger partial charge on any atom is 0.0518 e. The van der Waals surface area contributed by atoms with Gasteiger partial charge in [-0.05, 0) is 111 Å². The summed E-state index contributed by atoms with van der Waals surface area (Å²) in [7, 11) is 5.45. The zero-order chi connectivity index (χ0) is 24.8. The summed E-state index contributed by atoms with van der Waals surface area (Å²) in [6, 6.07) is 17.0. The van der Waals surface area contributed by atoms with Gasteiger partial charge in [-0.1, -0.05) is 54.9 Å². The van der Waals surface area contributed by atoms with Gasteiger partial charge in [0.15, 0.2) is 0 Å². The van der Waals surface area contributed by atoms with E-state index in [0.717, 1.165) is 22.3 Å². The molecule has 0 bridgehead atoms. The Morgan fingerprint density at radius 3 is 1.94 bits per heavy atom. The topological polar surface area (TPSA) is 24.1 Å². The van der Waals surface area contributed by atoms with Crippen molar-refractivity contribution in [2.24, 2.45) is 0 Å². The van der Waals surface area contributed by atoms with Crippen molar-refractivity contribution in [3.8, 4) is 0 Å². The van der Waals surface area contributed by atoms with Crippen molar-refractivity contribution in [1.29, 1.82) is 0 Å². The Morgan fingerprint density at radius 2 is 1.33 bits per heavy atom. The third-order valence-corrected chi connectivity index (χ3v) is 9.35. The first kappa shape index (κ1) is 28.9. The molecule has 0 aliphatic carbocycles. The lowest BCUT2D eigenvalue weighted by Gasteiger charge is -2.24. The first-order valence-electron chi connectivity index (χ1n) is 11.0. The number of hydrogen-bond acceptors (Lipinski definition) is 4. The summed E-state index contributed by atoms with van der Waals surface area (Å²) in [5.41, 5.74) is 1.40. The van der Waals surface area contributed by atoms with Crippen LogP contribution < -0.4 is 20.1 Å². The zero-order valence-electron chi connectivity index (χ0n) is 20.7. The van der Waals surface area contributed by atoms with Crippen LogP contribution in [0.25, 0.3) is 10.8 Å². The Kier molecular flexibility index (Phi) is 11.0. The molecule has 0 fully saturated rings. The van der Waals surface area contributed by atoms with Gasteiger partial charge in [0.1, 0.15) is 0 Å². The first-order chi connectivity index (χ1) is 15.3. The average molecular weight is 539 g/mol. The van der Waals surface area contributed by atoms with Crippen LogP contribution in [0.15, 0.2) is 58.3 Å². The fraction of sp³-hybridized carbons (Fsp3) is 0.385. The Labute approximate surface area is 218 Å². The quantitative estimate of drug-likeness (QED) is 0.248. The van der Waals surface area contributed by atoms with Crippen molar-refractivity contribution < 1.29 is 0 Å². The summed E-state index contributed by atoms with van der Waals surface area (Å²) in [6.07, 6.45) is 1.09. The average Bonchev–Trinajstić information content (AvgIpc) is 2.77. The van der Waals surface area contributed by atoms with Crippen LogP contribution in [0, 0.1) is 6.92 Å². The van der Waals surface area contributed by atoms with E-state index in [9.17, 15) is 0 Å². The minimum Gasteiger partial charge on any atom is -0.255 e. The number of rotatable bonds is 6. The van der Waals surface area contributed by atoms with E-state index >= 15 is 0 Å². The van der Waals surface area contributed by atoms with Gasteiger partial charge < -0.3 is 0 Å². The highest BCUT2D eigenvalue weighted by Crippen LogP contribution is 2.28.